The first-order valence-electron chi connectivity index (χ1n) is 10.5. The maximum atomic E-state index is 6.48. The minimum atomic E-state index is -0.357. The van der Waals surface area contributed by atoms with Crippen LogP contribution in [0.1, 0.15) is 58.1 Å². The Balaban J connectivity index is 1.76. The average molecular weight is 377 g/mol. The van der Waals surface area contributed by atoms with Crippen molar-refractivity contribution in [2.24, 2.45) is 0 Å². The number of benzene rings is 2. The molecule has 1 unspecified atom stereocenters. The molecule has 0 radical (unpaired) electrons. The van der Waals surface area contributed by atoms with E-state index >= 15 is 0 Å². The lowest BCUT2D eigenvalue weighted by Gasteiger charge is -2.32. The molecule has 148 valence electrons. The van der Waals surface area contributed by atoms with Gasteiger partial charge in [-0.05, 0) is 67.7 Å². The number of ether oxygens (including phenoxy) is 2. The van der Waals surface area contributed by atoms with Gasteiger partial charge in [-0.3, -0.25) is 0 Å². The first-order valence-corrected chi connectivity index (χ1v) is 10.5. The van der Waals surface area contributed by atoms with Gasteiger partial charge in [0.05, 0.1) is 0 Å². The molecular formula is C26H32O2. The van der Waals surface area contributed by atoms with Gasteiger partial charge in [0.15, 0.2) is 0 Å². The molecule has 0 N–H and O–H groups in total. The van der Waals surface area contributed by atoms with Gasteiger partial charge in [0.1, 0.15) is 22.9 Å². The summed E-state index contributed by atoms with van der Waals surface area (Å²) in [5.41, 5.74) is 3.39. The summed E-state index contributed by atoms with van der Waals surface area (Å²) >= 11 is 0. The summed E-state index contributed by atoms with van der Waals surface area (Å²) in [4.78, 5) is 0. The number of rotatable bonds is 8. The molecule has 0 spiro atoms. The number of aryl methyl sites for hydroxylation is 2. The van der Waals surface area contributed by atoms with Crippen molar-refractivity contribution >= 4 is 0 Å². The van der Waals surface area contributed by atoms with Gasteiger partial charge in [0, 0.05) is 6.42 Å². The number of allylic oxidation sites excluding steroid dienone is 1. The van der Waals surface area contributed by atoms with Gasteiger partial charge in [-0.2, -0.15) is 0 Å². The zero-order valence-corrected chi connectivity index (χ0v) is 17.6. The molecule has 0 fully saturated rings. The zero-order chi connectivity index (χ0) is 20.0. The fraction of sp³-hybridized carbons (Fsp3) is 0.385. The van der Waals surface area contributed by atoms with Crippen LogP contribution in [0.5, 0.6) is 11.5 Å². The van der Waals surface area contributed by atoms with E-state index in [1.807, 2.05) is 12.1 Å². The van der Waals surface area contributed by atoms with E-state index in [9.17, 15) is 0 Å². The molecule has 28 heavy (non-hydrogen) atoms. The highest BCUT2D eigenvalue weighted by atomic mass is 16.5. The second-order valence-corrected chi connectivity index (χ2v) is 7.89. The lowest BCUT2D eigenvalue weighted by Crippen LogP contribution is -2.33. The van der Waals surface area contributed by atoms with Crippen LogP contribution in [0.15, 0.2) is 72.0 Å². The van der Waals surface area contributed by atoms with E-state index in [0.717, 1.165) is 49.4 Å². The molecule has 1 aliphatic carbocycles. The van der Waals surface area contributed by atoms with Crippen molar-refractivity contribution in [2.75, 3.05) is 0 Å². The van der Waals surface area contributed by atoms with Crippen molar-refractivity contribution < 1.29 is 9.47 Å². The Morgan fingerprint density at radius 1 is 0.857 bits per heavy atom. The van der Waals surface area contributed by atoms with Crippen LogP contribution in [0.4, 0.5) is 0 Å². The van der Waals surface area contributed by atoms with Gasteiger partial charge < -0.3 is 9.47 Å². The van der Waals surface area contributed by atoms with E-state index in [1.54, 1.807) is 0 Å². The first kappa shape index (κ1) is 20.3. The normalized spacial score (nSPS) is 19.0. The lowest BCUT2D eigenvalue weighted by atomic mass is 9.91. The van der Waals surface area contributed by atoms with Gasteiger partial charge in [-0.25, -0.2) is 0 Å². The van der Waals surface area contributed by atoms with Crippen molar-refractivity contribution in [1.82, 2.24) is 0 Å². The Hall–Kier alpha value is -2.48. The van der Waals surface area contributed by atoms with E-state index in [-0.39, 0.29) is 5.60 Å². The van der Waals surface area contributed by atoms with Crippen molar-refractivity contribution in [3.8, 4) is 11.5 Å². The summed E-state index contributed by atoms with van der Waals surface area (Å²) in [5, 5.41) is 0. The van der Waals surface area contributed by atoms with Crippen LogP contribution < -0.4 is 9.47 Å². The lowest BCUT2D eigenvalue weighted by molar-refractivity contribution is 0.135. The summed E-state index contributed by atoms with van der Waals surface area (Å²) in [6, 6.07) is 16.7. The minimum Gasteiger partial charge on any atom is -0.483 e. The molecule has 3 rings (SSSR count). The molecule has 2 nitrogen and oxygen atoms in total. The van der Waals surface area contributed by atoms with Crippen LogP contribution in [0.2, 0.25) is 0 Å². The monoisotopic (exact) mass is 376 g/mol. The highest BCUT2D eigenvalue weighted by molar-refractivity contribution is 5.40. The molecule has 2 heteroatoms. The summed E-state index contributed by atoms with van der Waals surface area (Å²) in [6.45, 7) is 8.69. The van der Waals surface area contributed by atoms with Crippen molar-refractivity contribution in [1.29, 1.82) is 0 Å². The Bertz CT molecular complexity index is 862. The van der Waals surface area contributed by atoms with Gasteiger partial charge in [0.25, 0.3) is 0 Å². The smallest absolute Gasteiger partial charge is 0.130 e. The summed E-state index contributed by atoms with van der Waals surface area (Å²) < 4.78 is 12.8. The fourth-order valence-corrected chi connectivity index (χ4v) is 3.79. The minimum absolute atomic E-state index is 0.357. The molecule has 0 saturated carbocycles. The molecule has 1 aliphatic rings. The van der Waals surface area contributed by atoms with Gasteiger partial charge in [-0.15, -0.1) is 0 Å². The highest BCUT2D eigenvalue weighted by Crippen LogP contribution is 2.34. The number of hydrogen-bond donors (Lipinski definition) is 0. The quantitative estimate of drug-likeness (QED) is 0.492. The third-order valence-corrected chi connectivity index (χ3v) is 5.17. The van der Waals surface area contributed by atoms with E-state index in [0.29, 0.717) is 0 Å². The molecule has 0 bridgehead atoms. The maximum absolute atomic E-state index is 6.48. The van der Waals surface area contributed by atoms with Crippen molar-refractivity contribution in [3.63, 3.8) is 0 Å². The topological polar surface area (TPSA) is 18.5 Å². The standard InChI is InChI=1S/C26H32O2/c1-5-11-21-13-7-9-15-24(21)27-23-17-18-26(4,19-20(23)3)28-25-16-10-8-14-22(25)12-6-2/h7-10,13-18H,5-6,11-12,19H2,1-4H3. The van der Waals surface area contributed by atoms with E-state index in [2.05, 4.69) is 76.2 Å². The van der Waals surface area contributed by atoms with Gasteiger partial charge in [0.2, 0.25) is 0 Å². The zero-order valence-electron chi connectivity index (χ0n) is 17.6. The largest absolute Gasteiger partial charge is 0.483 e. The van der Waals surface area contributed by atoms with Crippen LogP contribution in [0.25, 0.3) is 0 Å². The maximum Gasteiger partial charge on any atom is 0.130 e. The van der Waals surface area contributed by atoms with Crippen LogP contribution in [-0.4, -0.2) is 5.60 Å². The molecule has 0 aliphatic heterocycles. The summed E-state index contributed by atoms with van der Waals surface area (Å²) in [5.74, 6) is 2.88. The van der Waals surface area contributed by atoms with Crippen LogP contribution in [-0.2, 0) is 12.8 Å². The molecule has 0 saturated heterocycles. The Labute approximate surface area is 169 Å². The SMILES string of the molecule is CCCc1ccccc1OC1=C(C)CC(C)(Oc2ccccc2CCC)C=C1. The van der Waals surface area contributed by atoms with E-state index in [4.69, 9.17) is 9.47 Å². The second-order valence-electron chi connectivity index (χ2n) is 7.89. The third-order valence-electron chi connectivity index (χ3n) is 5.17. The summed E-state index contributed by atoms with van der Waals surface area (Å²) in [7, 11) is 0. The predicted molar refractivity (Wildman–Crippen MR) is 117 cm³/mol. The van der Waals surface area contributed by atoms with Crippen molar-refractivity contribution in [2.45, 2.75) is 65.4 Å². The Morgan fingerprint density at radius 3 is 2.04 bits per heavy atom. The summed E-state index contributed by atoms with van der Waals surface area (Å²) in [6.07, 6.45) is 9.31. The molecule has 0 amide bonds. The molecule has 1 atom stereocenters. The molecule has 0 heterocycles. The highest BCUT2D eigenvalue weighted by Gasteiger charge is 2.29. The average Bonchev–Trinajstić information content (AvgIpc) is 2.67. The number of para-hydroxylation sites is 2. The Kier molecular flexibility index (Phi) is 6.61. The van der Waals surface area contributed by atoms with E-state index < -0.39 is 0 Å². The predicted octanol–water partition coefficient (Wildman–Crippen LogP) is 7.04. The van der Waals surface area contributed by atoms with Gasteiger partial charge in [-0.1, -0.05) is 63.1 Å². The molecule has 2 aromatic carbocycles. The molecule has 0 aromatic heterocycles. The molecule has 2 aromatic rings. The second kappa shape index (κ2) is 9.14. The van der Waals surface area contributed by atoms with Crippen LogP contribution in [0.3, 0.4) is 0 Å². The number of hydrogen-bond acceptors (Lipinski definition) is 2. The van der Waals surface area contributed by atoms with E-state index in [1.165, 1.54) is 16.7 Å². The fourth-order valence-electron chi connectivity index (χ4n) is 3.79. The third kappa shape index (κ3) is 4.86. The van der Waals surface area contributed by atoms with Crippen LogP contribution >= 0.6 is 0 Å². The van der Waals surface area contributed by atoms with Crippen molar-refractivity contribution in [3.05, 3.63) is 83.1 Å². The molecular weight excluding hydrogens is 344 g/mol. The Morgan fingerprint density at radius 2 is 1.43 bits per heavy atom. The van der Waals surface area contributed by atoms with Crippen LogP contribution in [0, 0.1) is 0 Å². The van der Waals surface area contributed by atoms with Gasteiger partial charge >= 0.3 is 0 Å². The first-order chi connectivity index (χ1) is 13.5.